The number of likely N-dealkylation sites (tertiary alicyclic amines) is 1. The second-order valence-electron chi connectivity index (χ2n) is 6.56. The molecule has 0 unspecified atom stereocenters. The lowest BCUT2D eigenvalue weighted by molar-refractivity contribution is -0.134. The molecular weight excluding hydrogens is 330 g/mol. The molecule has 0 radical (unpaired) electrons. The summed E-state index contributed by atoms with van der Waals surface area (Å²) in [5.41, 5.74) is 1.42. The van der Waals surface area contributed by atoms with Gasteiger partial charge in [0.1, 0.15) is 6.04 Å². The number of fused-ring (bicyclic) bond motifs is 1. The third-order valence-corrected chi connectivity index (χ3v) is 4.94. The molecule has 1 N–H and O–H groups in total. The number of carbonyl (C=O) groups excluding carboxylic acids is 3. The van der Waals surface area contributed by atoms with Crippen molar-refractivity contribution in [1.29, 1.82) is 0 Å². The first kappa shape index (κ1) is 16.3. The molecule has 0 aromatic heterocycles. The van der Waals surface area contributed by atoms with Crippen molar-refractivity contribution in [3.63, 3.8) is 0 Å². The SMILES string of the molecule is O=C1N[C@@H]2CCN(C(=O)c3ccccc3)[C@@H]2C(=O)N1Cc1ccccc1. The van der Waals surface area contributed by atoms with Crippen molar-refractivity contribution >= 4 is 17.8 Å². The molecule has 26 heavy (non-hydrogen) atoms. The number of urea groups is 1. The van der Waals surface area contributed by atoms with Crippen molar-refractivity contribution in [1.82, 2.24) is 15.1 Å². The largest absolute Gasteiger partial charge is 0.332 e. The number of hydrogen-bond donors (Lipinski definition) is 1. The number of nitrogens with zero attached hydrogens (tertiary/aromatic N) is 2. The average Bonchev–Trinajstić information content (AvgIpc) is 3.10. The maximum absolute atomic E-state index is 13.0. The average molecular weight is 349 g/mol. The summed E-state index contributed by atoms with van der Waals surface area (Å²) in [6, 6.07) is 16.9. The Morgan fingerprint density at radius 2 is 1.65 bits per heavy atom. The van der Waals surface area contributed by atoms with Gasteiger partial charge in [-0.25, -0.2) is 4.79 Å². The fourth-order valence-corrected chi connectivity index (χ4v) is 3.64. The molecule has 2 heterocycles. The zero-order valence-corrected chi connectivity index (χ0v) is 14.2. The fourth-order valence-electron chi connectivity index (χ4n) is 3.64. The number of hydrogen-bond acceptors (Lipinski definition) is 3. The molecule has 0 aliphatic carbocycles. The minimum atomic E-state index is -0.649. The fraction of sp³-hybridized carbons (Fsp3) is 0.250. The van der Waals surface area contributed by atoms with E-state index in [1.807, 2.05) is 36.4 Å². The summed E-state index contributed by atoms with van der Waals surface area (Å²) in [6.45, 7) is 0.649. The molecule has 2 atom stereocenters. The number of carbonyl (C=O) groups is 3. The first-order valence-corrected chi connectivity index (χ1v) is 8.67. The molecule has 0 saturated carbocycles. The molecule has 6 nitrogen and oxygen atoms in total. The third-order valence-electron chi connectivity index (χ3n) is 4.94. The second kappa shape index (κ2) is 6.63. The molecule has 2 aliphatic heterocycles. The molecule has 2 aromatic rings. The summed E-state index contributed by atoms with van der Waals surface area (Å²) in [4.78, 5) is 41.0. The van der Waals surface area contributed by atoms with E-state index in [1.165, 1.54) is 4.90 Å². The minimum Gasteiger partial charge on any atom is -0.332 e. The van der Waals surface area contributed by atoms with Crippen LogP contribution in [-0.4, -0.2) is 46.3 Å². The molecule has 6 heteroatoms. The zero-order chi connectivity index (χ0) is 18.1. The van der Waals surface area contributed by atoms with E-state index in [2.05, 4.69) is 5.32 Å². The molecule has 2 saturated heterocycles. The molecule has 2 fully saturated rings. The minimum absolute atomic E-state index is 0.178. The Morgan fingerprint density at radius 1 is 1.00 bits per heavy atom. The highest BCUT2D eigenvalue weighted by molar-refractivity contribution is 6.04. The van der Waals surface area contributed by atoms with Gasteiger partial charge < -0.3 is 10.2 Å². The Morgan fingerprint density at radius 3 is 2.35 bits per heavy atom. The predicted octanol–water partition coefficient (Wildman–Crippen LogP) is 2.02. The van der Waals surface area contributed by atoms with Crippen LogP contribution in [0.5, 0.6) is 0 Å². The number of benzene rings is 2. The molecule has 2 aliphatic rings. The van der Waals surface area contributed by atoms with Gasteiger partial charge in [-0.05, 0) is 24.1 Å². The van der Waals surface area contributed by atoms with Gasteiger partial charge >= 0.3 is 6.03 Å². The summed E-state index contributed by atoms with van der Waals surface area (Å²) in [7, 11) is 0. The van der Waals surface area contributed by atoms with Crippen LogP contribution in [0.2, 0.25) is 0 Å². The first-order valence-electron chi connectivity index (χ1n) is 8.67. The first-order chi connectivity index (χ1) is 12.6. The molecular formula is C20H19N3O3. The van der Waals surface area contributed by atoms with Gasteiger partial charge in [0.15, 0.2) is 0 Å². The van der Waals surface area contributed by atoms with Gasteiger partial charge in [-0.2, -0.15) is 0 Å². The van der Waals surface area contributed by atoms with Crippen LogP contribution >= 0.6 is 0 Å². The van der Waals surface area contributed by atoms with Gasteiger partial charge in [-0.3, -0.25) is 14.5 Å². The Labute approximate surface area is 151 Å². The van der Waals surface area contributed by atoms with Gasteiger partial charge in [-0.15, -0.1) is 0 Å². The van der Waals surface area contributed by atoms with E-state index in [-0.39, 0.29) is 24.4 Å². The molecule has 2 aromatic carbocycles. The lowest BCUT2D eigenvalue weighted by Crippen LogP contribution is -2.64. The monoisotopic (exact) mass is 349 g/mol. The highest BCUT2D eigenvalue weighted by Crippen LogP contribution is 2.26. The number of nitrogens with one attached hydrogen (secondary N) is 1. The number of amides is 4. The van der Waals surface area contributed by atoms with E-state index >= 15 is 0 Å². The van der Waals surface area contributed by atoms with Crippen LogP contribution in [0.15, 0.2) is 60.7 Å². The quantitative estimate of drug-likeness (QED) is 0.922. The van der Waals surface area contributed by atoms with Crippen LogP contribution in [-0.2, 0) is 11.3 Å². The summed E-state index contributed by atoms with van der Waals surface area (Å²) in [5.74, 6) is -0.494. The Balaban J connectivity index is 1.58. The zero-order valence-electron chi connectivity index (χ0n) is 14.2. The maximum atomic E-state index is 13.0. The van der Waals surface area contributed by atoms with Crippen LogP contribution in [0.25, 0.3) is 0 Å². The van der Waals surface area contributed by atoms with E-state index in [1.54, 1.807) is 29.2 Å². The highest BCUT2D eigenvalue weighted by atomic mass is 16.2. The predicted molar refractivity (Wildman–Crippen MR) is 95.2 cm³/mol. The van der Waals surface area contributed by atoms with Gasteiger partial charge in [0.2, 0.25) is 0 Å². The van der Waals surface area contributed by atoms with Crippen LogP contribution < -0.4 is 5.32 Å². The number of imide groups is 1. The van der Waals surface area contributed by atoms with Crippen LogP contribution in [0.3, 0.4) is 0 Å². The van der Waals surface area contributed by atoms with E-state index in [0.717, 1.165) is 5.56 Å². The summed E-state index contributed by atoms with van der Waals surface area (Å²) in [6.07, 6.45) is 0.583. The lowest BCUT2D eigenvalue weighted by Gasteiger charge is -2.37. The van der Waals surface area contributed by atoms with Crippen LogP contribution in [0.4, 0.5) is 4.79 Å². The normalized spacial score (nSPS) is 22.2. The van der Waals surface area contributed by atoms with Crippen molar-refractivity contribution in [3.8, 4) is 0 Å². The third kappa shape index (κ3) is 2.83. The molecule has 0 spiro atoms. The molecule has 4 rings (SSSR count). The smallest absolute Gasteiger partial charge is 0.324 e. The van der Waals surface area contributed by atoms with Crippen molar-refractivity contribution < 1.29 is 14.4 Å². The summed E-state index contributed by atoms with van der Waals surface area (Å²) >= 11 is 0. The van der Waals surface area contributed by atoms with Crippen LogP contribution in [0.1, 0.15) is 22.3 Å². The highest BCUT2D eigenvalue weighted by Gasteiger charge is 2.49. The maximum Gasteiger partial charge on any atom is 0.324 e. The Hall–Kier alpha value is -3.15. The van der Waals surface area contributed by atoms with E-state index in [4.69, 9.17) is 0 Å². The topological polar surface area (TPSA) is 69.7 Å². The van der Waals surface area contributed by atoms with E-state index < -0.39 is 12.1 Å². The summed E-state index contributed by atoms with van der Waals surface area (Å²) in [5, 5.41) is 2.89. The number of rotatable bonds is 3. The van der Waals surface area contributed by atoms with Gasteiger partial charge in [0.05, 0.1) is 12.6 Å². The molecule has 4 amide bonds. The van der Waals surface area contributed by atoms with Gasteiger partial charge in [-0.1, -0.05) is 48.5 Å². The van der Waals surface area contributed by atoms with Crippen molar-refractivity contribution in [2.75, 3.05) is 6.54 Å². The van der Waals surface area contributed by atoms with E-state index in [9.17, 15) is 14.4 Å². The second-order valence-corrected chi connectivity index (χ2v) is 6.56. The summed E-state index contributed by atoms with van der Waals surface area (Å²) < 4.78 is 0. The van der Waals surface area contributed by atoms with E-state index in [0.29, 0.717) is 18.5 Å². The van der Waals surface area contributed by atoms with Crippen molar-refractivity contribution in [2.24, 2.45) is 0 Å². The van der Waals surface area contributed by atoms with Gasteiger partial charge in [0.25, 0.3) is 11.8 Å². The Bertz CT molecular complexity index is 838. The van der Waals surface area contributed by atoms with Crippen LogP contribution in [0, 0.1) is 0 Å². The molecule has 0 bridgehead atoms. The van der Waals surface area contributed by atoms with Crippen molar-refractivity contribution in [2.45, 2.75) is 25.0 Å². The lowest BCUT2D eigenvalue weighted by atomic mass is 10.0. The van der Waals surface area contributed by atoms with Crippen molar-refractivity contribution in [3.05, 3.63) is 71.8 Å². The Kier molecular flexibility index (Phi) is 4.16. The van der Waals surface area contributed by atoms with Gasteiger partial charge in [0, 0.05) is 12.1 Å². The standard InChI is InChI=1S/C20H19N3O3/c24-18(15-9-5-2-6-10-15)22-12-11-16-17(22)19(25)23(20(26)21-16)13-14-7-3-1-4-8-14/h1-10,16-17H,11-13H2,(H,21,26)/t16-,17+/m1/s1. The molecule has 132 valence electrons.